The van der Waals surface area contributed by atoms with Gasteiger partial charge in [-0.2, -0.15) is 0 Å². The predicted molar refractivity (Wildman–Crippen MR) is 86.1 cm³/mol. The number of nitrogens with one attached hydrogen (secondary N) is 1. The van der Waals surface area contributed by atoms with Crippen molar-refractivity contribution < 1.29 is 0 Å². The second-order valence-electron chi connectivity index (χ2n) is 5.24. The Labute approximate surface area is 128 Å². The van der Waals surface area contributed by atoms with Gasteiger partial charge in [0.2, 0.25) is 0 Å². The zero-order chi connectivity index (χ0) is 14.1. The first-order valence-electron chi connectivity index (χ1n) is 7.03. The fourth-order valence-electron chi connectivity index (χ4n) is 2.71. The van der Waals surface area contributed by atoms with Crippen LogP contribution in [0.1, 0.15) is 29.7 Å². The predicted octanol–water partition coefficient (Wildman–Crippen LogP) is 4.14. The molecule has 0 saturated carbocycles. The fraction of sp³-hybridized carbons (Fsp3) is 0.375. The third kappa shape index (κ3) is 2.44. The lowest BCUT2D eigenvalue weighted by Gasteiger charge is -2.19. The molecule has 4 heteroatoms. The molecule has 2 aromatic rings. The van der Waals surface area contributed by atoms with E-state index >= 15 is 0 Å². The Morgan fingerprint density at radius 1 is 1.15 bits per heavy atom. The fourth-order valence-corrected chi connectivity index (χ4v) is 2.96. The molecule has 0 saturated heterocycles. The first kappa shape index (κ1) is 13.6. The van der Waals surface area contributed by atoms with Crippen LogP contribution >= 0.6 is 15.9 Å². The quantitative estimate of drug-likeness (QED) is 0.898. The first-order chi connectivity index (χ1) is 9.69. The second-order valence-corrected chi connectivity index (χ2v) is 6.10. The van der Waals surface area contributed by atoms with Gasteiger partial charge in [0.25, 0.3) is 0 Å². The lowest BCUT2D eigenvalue weighted by atomic mass is 9.96. The van der Waals surface area contributed by atoms with E-state index in [1.54, 1.807) is 0 Å². The topological polar surface area (TPSA) is 37.8 Å². The van der Waals surface area contributed by atoms with Crippen molar-refractivity contribution >= 4 is 21.7 Å². The molecule has 3 rings (SSSR count). The molecule has 3 nitrogen and oxygen atoms in total. The normalized spacial score (nSPS) is 13.9. The van der Waals surface area contributed by atoms with E-state index in [4.69, 9.17) is 9.97 Å². The van der Waals surface area contributed by atoms with Gasteiger partial charge in [-0.15, -0.1) is 0 Å². The maximum absolute atomic E-state index is 4.80. The molecule has 1 aliphatic rings. The minimum absolute atomic E-state index is 0.825. The summed E-state index contributed by atoms with van der Waals surface area (Å²) in [6, 6.07) is 6.27. The highest BCUT2D eigenvalue weighted by Crippen LogP contribution is 2.29. The number of anilines is 1. The van der Waals surface area contributed by atoms with Gasteiger partial charge in [-0.25, -0.2) is 9.97 Å². The molecule has 0 spiro atoms. The lowest BCUT2D eigenvalue weighted by Crippen LogP contribution is -2.11. The summed E-state index contributed by atoms with van der Waals surface area (Å²) in [6.07, 6.45) is 4.62. The van der Waals surface area contributed by atoms with Gasteiger partial charge in [-0.05, 0) is 50.3 Å². The Morgan fingerprint density at radius 3 is 2.70 bits per heavy atom. The van der Waals surface area contributed by atoms with Crippen LogP contribution in [0.2, 0.25) is 0 Å². The summed E-state index contributed by atoms with van der Waals surface area (Å²) in [5.41, 5.74) is 4.80. The highest BCUT2D eigenvalue weighted by Gasteiger charge is 2.17. The van der Waals surface area contributed by atoms with Crippen LogP contribution in [-0.2, 0) is 12.8 Å². The number of hydrogen-bond acceptors (Lipinski definition) is 3. The zero-order valence-corrected chi connectivity index (χ0v) is 13.4. The van der Waals surface area contributed by atoms with Crippen LogP contribution in [0.5, 0.6) is 0 Å². The summed E-state index contributed by atoms with van der Waals surface area (Å²) < 4.78 is 1.12. The maximum Gasteiger partial charge on any atom is 0.161 e. The molecular weight excluding hydrogens is 314 g/mol. The van der Waals surface area contributed by atoms with Gasteiger partial charge >= 0.3 is 0 Å². The average Bonchev–Trinajstić information content (AvgIpc) is 2.49. The van der Waals surface area contributed by atoms with E-state index in [0.717, 1.165) is 34.5 Å². The second kappa shape index (κ2) is 5.52. The van der Waals surface area contributed by atoms with Crippen molar-refractivity contribution in [2.45, 2.75) is 32.6 Å². The van der Waals surface area contributed by atoms with Crippen molar-refractivity contribution in [3.63, 3.8) is 0 Å². The van der Waals surface area contributed by atoms with E-state index in [9.17, 15) is 0 Å². The zero-order valence-electron chi connectivity index (χ0n) is 11.8. The number of hydrogen-bond donors (Lipinski definition) is 1. The number of fused-ring (bicyclic) bond motifs is 1. The number of benzene rings is 1. The standard InChI is InChI=1S/C16H18BrN3/c1-10-9-11(7-8-13(10)17)15-19-14-6-4-3-5-12(14)16(18-2)20-15/h7-9H,3-6H2,1-2H3,(H,18,19,20). The Kier molecular flexibility index (Phi) is 3.74. The molecule has 0 unspecified atom stereocenters. The molecule has 1 aromatic heterocycles. The molecular formula is C16H18BrN3. The summed E-state index contributed by atoms with van der Waals surface area (Å²) in [5, 5.41) is 3.23. The Hall–Kier alpha value is -1.42. The third-order valence-electron chi connectivity index (χ3n) is 3.84. The van der Waals surface area contributed by atoms with Crippen LogP contribution in [0.4, 0.5) is 5.82 Å². The van der Waals surface area contributed by atoms with Gasteiger partial charge in [-0.1, -0.05) is 22.0 Å². The van der Waals surface area contributed by atoms with Crippen LogP contribution in [0.3, 0.4) is 0 Å². The van der Waals surface area contributed by atoms with Crippen molar-refractivity contribution in [3.05, 3.63) is 39.5 Å². The highest BCUT2D eigenvalue weighted by atomic mass is 79.9. The Bertz CT molecular complexity index is 635. The SMILES string of the molecule is CNc1nc(-c2ccc(Br)c(C)c2)nc2c1CCCC2. The number of rotatable bonds is 2. The third-order valence-corrected chi connectivity index (χ3v) is 4.73. The van der Waals surface area contributed by atoms with Gasteiger partial charge in [0, 0.05) is 28.3 Å². The van der Waals surface area contributed by atoms with Gasteiger partial charge in [0.15, 0.2) is 5.82 Å². The number of aromatic nitrogens is 2. The summed E-state index contributed by atoms with van der Waals surface area (Å²) in [6.45, 7) is 2.09. The van der Waals surface area contributed by atoms with Crippen molar-refractivity contribution in [2.75, 3.05) is 12.4 Å². The summed E-state index contributed by atoms with van der Waals surface area (Å²) in [7, 11) is 1.94. The molecule has 0 fully saturated rings. The van der Waals surface area contributed by atoms with Crippen LogP contribution < -0.4 is 5.32 Å². The van der Waals surface area contributed by atoms with Crippen LogP contribution in [0, 0.1) is 6.92 Å². The summed E-state index contributed by atoms with van der Waals surface area (Å²) in [5.74, 6) is 1.82. The molecule has 0 atom stereocenters. The smallest absolute Gasteiger partial charge is 0.161 e. The van der Waals surface area contributed by atoms with Gasteiger partial charge in [0.05, 0.1) is 0 Å². The maximum atomic E-state index is 4.80. The van der Waals surface area contributed by atoms with E-state index < -0.39 is 0 Å². The van der Waals surface area contributed by atoms with Crippen LogP contribution in [0.15, 0.2) is 22.7 Å². The first-order valence-corrected chi connectivity index (χ1v) is 7.82. The number of nitrogens with zero attached hydrogens (tertiary/aromatic N) is 2. The molecule has 1 heterocycles. The van der Waals surface area contributed by atoms with E-state index in [0.29, 0.717) is 0 Å². The largest absolute Gasteiger partial charge is 0.373 e. The van der Waals surface area contributed by atoms with E-state index in [-0.39, 0.29) is 0 Å². The van der Waals surface area contributed by atoms with Crippen molar-refractivity contribution in [3.8, 4) is 11.4 Å². The van der Waals surface area contributed by atoms with Crippen LogP contribution in [-0.4, -0.2) is 17.0 Å². The highest BCUT2D eigenvalue weighted by molar-refractivity contribution is 9.10. The summed E-state index contributed by atoms with van der Waals surface area (Å²) >= 11 is 3.54. The van der Waals surface area contributed by atoms with Gasteiger partial charge in [-0.3, -0.25) is 0 Å². The number of halogens is 1. The van der Waals surface area contributed by atoms with E-state index in [2.05, 4.69) is 46.4 Å². The minimum Gasteiger partial charge on any atom is -0.373 e. The molecule has 0 aliphatic heterocycles. The molecule has 1 N–H and O–H groups in total. The van der Waals surface area contributed by atoms with E-state index in [1.807, 2.05) is 7.05 Å². The molecule has 1 aliphatic carbocycles. The molecule has 1 aromatic carbocycles. The Morgan fingerprint density at radius 2 is 1.95 bits per heavy atom. The lowest BCUT2D eigenvalue weighted by molar-refractivity contribution is 0.665. The van der Waals surface area contributed by atoms with Gasteiger partial charge in [0.1, 0.15) is 5.82 Å². The molecule has 20 heavy (non-hydrogen) atoms. The minimum atomic E-state index is 0.825. The molecule has 0 bridgehead atoms. The van der Waals surface area contributed by atoms with Crippen molar-refractivity contribution in [2.24, 2.45) is 0 Å². The molecule has 0 radical (unpaired) electrons. The molecule has 104 valence electrons. The summed E-state index contributed by atoms with van der Waals surface area (Å²) in [4.78, 5) is 9.50. The van der Waals surface area contributed by atoms with Gasteiger partial charge < -0.3 is 5.32 Å². The van der Waals surface area contributed by atoms with Crippen molar-refractivity contribution in [1.82, 2.24) is 9.97 Å². The average molecular weight is 332 g/mol. The van der Waals surface area contributed by atoms with Crippen molar-refractivity contribution in [1.29, 1.82) is 0 Å². The number of aryl methyl sites for hydroxylation is 2. The molecule has 0 amide bonds. The monoisotopic (exact) mass is 331 g/mol. The van der Waals surface area contributed by atoms with E-state index in [1.165, 1.54) is 29.7 Å². The Balaban J connectivity index is 2.11. The van der Waals surface area contributed by atoms with Crippen LogP contribution in [0.25, 0.3) is 11.4 Å².